The van der Waals surface area contributed by atoms with Crippen LogP contribution in [0.3, 0.4) is 0 Å². The van der Waals surface area contributed by atoms with Crippen LogP contribution in [0, 0.1) is 11.3 Å². The number of rotatable bonds is 3. The lowest BCUT2D eigenvalue weighted by Gasteiger charge is -2.08. The molecule has 0 aliphatic heterocycles. The first-order valence-corrected chi connectivity index (χ1v) is 7.03. The number of pyridine rings is 1. The summed E-state index contributed by atoms with van der Waals surface area (Å²) in [5.74, 6) is 0.600. The zero-order chi connectivity index (χ0) is 17.3. The molecule has 0 amide bonds. The largest absolute Gasteiger partial charge is 0.497 e. The lowest BCUT2D eigenvalue weighted by molar-refractivity contribution is -0.137. The average molecular weight is 331 g/mol. The first-order chi connectivity index (χ1) is 11.4. The molecule has 0 atom stereocenters. The number of imidazole rings is 1. The van der Waals surface area contributed by atoms with Gasteiger partial charge < -0.3 is 9.14 Å². The van der Waals surface area contributed by atoms with Crippen LogP contribution in [0.5, 0.6) is 5.75 Å². The van der Waals surface area contributed by atoms with E-state index in [4.69, 9.17) is 10.00 Å². The summed E-state index contributed by atoms with van der Waals surface area (Å²) in [6.07, 6.45) is -3.55. The minimum absolute atomic E-state index is 0.0605. The second-order valence-corrected chi connectivity index (χ2v) is 5.12. The van der Waals surface area contributed by atoms with Crippen molar-refractivity contribution in [3.63, 3.8) is 0 Å². The number of nitriles is 1. The summed E-state index contributed by atoms with van der Waals surface area (Å²) in [6.45, 7) is 0. The third-order valence-electron chi connectivity index (χ3n) is 3.63. The molecule has 0 N–H and O–H groups in total. The fraction of sp³-hybridized carbons (Fsp3) is 0.176. The Morgan fingerprint density at radius 2 is 2.04 bits per heavy atom. The Morgan fingerprint density at radius 3 is 2.71 bits per heavy atom. The third kappa shape index (κ3) is 2.78. The Labute approximate surface area is 135 Å². The minimum Gasteiger partial charge on any atom is -0.497 e. The lowest BCUT2D eigenvalue weighted by atomic mass is 10.1. The molecule has 3 aromatic rings. The van der Waals surface area contributed by atoms with Gasteiger partial charge in [0.05, 0.1) is 36.6 Å². The number of alkyl halides is 3. The van der Waals surface area contributed by atoms with Crippen LogP contribution in [0.4, 0.5) is 13.2 Å². The van der Waals surface area contributed by atoms with E-state index >= 15 is 0 Å². The van der Waals surface area contributed by atoms with E-state index in [0.717, 1.165) is 12.3 Å². The van der Waals surface area contributed by atoms with E-state index in [1.807, 2.05) is 6.07 Å². The summed E-state index contributed by atoms with van der Waals surface area (Å²) in [6, 6.07) is 11.3. The predicted molar refractivity (Wildman–Crippen MR) is 81.5 cm³/mol. The van der Waals surface area contributed by atoms with Gasteiger partial charge in [-0.05, 0) is 24.3 Å². The Morgan fingerprint density at radius 1 is 1.25 bits per heavy atom. The van der Waals surface area contributed by atoms with Gasteiger partial charge in [0, 0.05) is 11.8 Å². The molecule has 2 aromatic heterocycles. The first-order valence-electron chi connectivity index (χ1n) is 7.03. The maximum absolute atomic E-state index is 12.9. The third-order valence-corrected chi connectivity index (χ3v) is 3.63. The highest BCUT2D eigenvalue weighted by molar-refractivity contribution is 5.68. The molecule has 122 valence electrons. The summed E-state index contributed by atoms with van der Waals surface area (Å²) < 4.78 is 45.3. The molecular formula is C17H12F3N3O. The molecule has 1 aromatic carbocycles. The number of fused-ring (bicyclic) bond motifs is 1. The number of halogens is 3. The van der Waals surface area contributed by atoms with E-state index in [1.54, 1.807) is 24.3 Å². The van der Waals surface area contributed by atoms with Crippen LogP contribution < -0.4 is 4.74 Å². The maximum Gasteiger partial charge on any atom is 0.417 e. The summed E-state index contributed by atoms with van der Waals surface area (Å²) in [5.41, 5.74) is 1.12. The molecule has 0 saturated carbocycles. The molecule has 0 aliphatic rings. The van der Waals surface area contributed by atoms with Crippen LogP contribution in [0.25, 0.3) is 16.9 Å². The van der Waals surface area contributed by atoms with E-state index in [2.05, 4.69) is 4.98 Å². The number of benzene rings is 1. The molecule has 0 radical (unpaired) electrons. The van der Waals surface area contributed by atoms with Crippen molar-refractivity contribution in [2.75, 3.05) is 7.11 Å². The highest BCUT2D eigenvalue weighted by Gasteiger charge is 2.31. The van der Waals surface area contributed by atoms with Gasteiger partial charge in [-0.2, -0.15) is 18.4 Å². The standard InChI is InChI=1S/C17H12F3N3O/c1-24-13-4-2-3-11(9-13)16-14(7-8-21)23-10-12(17(18,19)20)5-6-15(23)22-16/h2-6,9-10H,7H2,1H3. The van der Waals surface area contributed by atoms with Crippen LogP contribution in [-0.4, -0.2) is 16.5 Å². The zero-order valence-electron chi connectivity index (χ0n) is 12.6. The molecule has 4 nitrogen and oxygen atoms in total. The van der Waals surface area contributed by atoms with Crippen LogP contribution in [-0.2, 0) is 12.6 Å². The maximum atomic E-state index is 12.9. The van der Waals surface area contributed by atoms with E-state index in [1.165, 1.54) is 17.6 Å². The summed E-state index contributed by atoms with van der Waals surface area (Å²) in [4.78, 5) is 4.39. The number of nitrogens with zero attached hydrogens (tertiary/aromatic N) is 3. The fourth-order valence-electron chi connectivity index (χ4n) is 2.51. The summed E-state index contributed by atoms with van der Waals surface area (Å²) >= 11 is 0. The number of aromatic nitrogens is 2. The highest BCUT2D eigenvalue weighted by atomic mass is 19.4. The lowest BCUT2D eigenvalue weighted by Crippen LogP contribution is -2.07. The smallest absolute Gasteiger partial charge is 0.417 e. The number of ether oxygens (including phenoxy) is 1. The summed E-state index contributed by atoms with van der Waals surface area (Å²) in [5, 5.41) is 9.06. The quantitative estimate of drug-likeness (QED) is 0.726. The monoisotopic (exact) mass is 331 g/mol. The second-order valence-electron chi connectivity index (χ2n) is 5.12. The fourth-order valence-corrected chi connectivity index (χ4v) is 2.51. The molecule has 0 bridgehead atoms. The number of hydrogen-bond acceptors (Lipinski definition) is 3. The van der Waals surface area contributed by atoms with Crippen LogP contribution in [0.15, 0.2) is 42.6 Å². The Hall–Kier alpha value is -3.01. The zero-order valence-corrected chi connectivity index (χ0v) is 12.6. The van der Waals surface area contributed by atoms with Crippen molar-refractivity contribution in [3.05, 3.63) is 53.9 Å². The van der Waals surface area contributed by atoms with E-state index in [0.29, 0.717) is 28.3 Å². The van der Waals surface area contributed by atoms with Gasteiger partial charge in [-0.1, -0.05) is 12.1 Å². The molecule has 0 saturated heterocycles. The average Bonchev–Trinajstić information content (AvgIpc) is 2.92. The van der Waals surface area contributed by atoms with Crippen LogP contribution in [0.2, 0.25) is 0 Å². The van der Waals surface area contributed by atoms with Gasteiger partial charge in [0.15, 0.2) is 0 Å². The van der Waals surface area contributed by atoms with Crippen molar-refractivity contribution >= 4 is 5.65 Å². The van der Waals surface area contributed by atoms with Crippen molar-refractivity contribution in [1.29, 1.82) is 5.26 Å². The van der Waals surface area contributed by atoms with Gasteiger partial charge in [0.2, 0.25) is 0 Å². The van der Waals surface area contributed by atoms with Crippen molar-refractivity contribution < 1.29 is 17.9 Å². The Bertz CT molecular complexity index is 938. The van der Waals surface area contributed by atoms with Crippen molar-refractivity contribution in [1.82, 2.24) is 9.38 Å². The van der Waals surface area contributed by atoms with E-state index in [9.17, 15) is 13.2 Å². The molecule has 3 rings (SSSR count). The molecule has 0 spiro atoms. The Balaban J connectivity index is 2.24. The van der Waals surface area contributed by atoms with Gasteiger partial charge >= 0.3 is 6.18 Å². The van der Waals surface area contributed by atoms with E-state index in [-0.39, 0.29) is 6.42 Å². The van der Waals surface area contributed by atoms with Gasteiger partial charge in [-0.25, -0.2) is 4.98 Å². The topological polar surface area (TPSA) is 50.3 Å². The van der Waals surface area contributed by atoms with Gasteiger partial charge in [0.25, 0.3) is 0 Å². The first kappa shape index (κ1) is 15.9. The van der Waals surface area contributed by atoms with Gasteiger partial charge in [-0.15, -0.1) is 0 Å². The molecule has 0 aliphatic carbocycles. The SMILES string of the molecule is COc1cccc(-c2nc3ccc(C(F)(F)F)cn3c2CC#N)c1. The Kier molecular flexibility index (Phi) is 3.89. The predicted octanol–water partition coefficient (Wildman–Crippen LogP) is 4.09. The molecule has 2 heterocycles. The summed E-state index contributed by atoms with van der Waals surface area (Å²) in [7, 11) is 1.52. The van der Waals surface area contributed by atoms with Gasteiger partial charge in [-0.3, -0.25) is 0 Å². The van der Waals surface area contributed by atoms with Crippen molar-refractivity contribution in [2.24, 2.45) is 0 Å². The van der Waals surface area contributed by atoms with Crippen molar-refractivity contribution in [3.8, 4) is 23.1 Å². The number of hydrogen-bond donors (Lipinski definition) is 0. The van der Waals surface area contributed by atoms with Crippen LogP contribution in [0.1, 0.15) is 11.3 Å². The van der Waals surface area contributed by atoms with Crippen LogP contribution >= 0.6 is 0 Å². The molecular weight excluding hydrogens is 319 g/mol. The minimum atomic E-state index is -4.46. The normalized spacial score (nSPS) is 11.5. The molecule has 0 fully saturated rings. The molecule has 0 unspecified atom stereocenters. The molecule has 24 heavy (non-hydrogen) atoms. The second kappa shape index (κ2) is 5.89. The van der Waals surface area contributed by atoms with Crippen molar-refractivity contribution in [2.45, 2.75) is 12.6 Å². The molecule has 7 heteroatoms. The van der Waals surface area contributed by atoms with Gasteiger partial charge in [0.1, 0.15) is 11.4 Å². The number of methoxy groups -OCH3 is 1. The highest BCUT2D eigenvalue weighted by Crippen LogP contribution is 2.32. The van der Waals surface area contributed by atoms with E-state index < -0.39 is 11.7 Å².